The Labute approximate surface area is 181 Å². The van der Waals surface area contributed by atoms with Gasteiger partial charge in [-0.2, -0.15) is 5.10 Å². The summed E-state index contributed by atoms with van der Waals surface area (Å²) in [5, 5.41) is 17.5. The zero-order valence-corrected chi connectivity index (χ0v) is 17.7. The maximum Gasteiger partial charge on any atom is 0.214 e. The molecular weight excluding hydrogens is 392 g/mol. The summed E-state index contributed by atoms with van der Waals surface area (Å²) in [6, 6.07) is 19.2. The lowest BCUT2D eigenvalue weighted by atomic mass is 9.94. The summed E-state index contributed by atoms with van der Waals surface area (Å²) in [5.41, 5.74) is 4.65. The third kappa shape index (κ3) is 3.15. The van der Waals surface area contributed by atoms with Crippen LogP contribution >= 0.6 is 0 Å². The molecule has 2 aliphatic rings. The van der Waals surface area contributed by atoms with Crippen molar-refractivity contribution in [1.82, 2.24) is 5.01 Å². The zero-order valence-electron chi connectivity index (χ0n) is 17.7. The van der Waals surface area contributed by atoms with Crippen LogP contribution in [0.1, 0.15) is 40.9 Å². The van der Waals surface area contributed by atoms with Gasteiger partial charge in [-0.05, 0) is 36.8 Å². The molecule has 2 aliphatic heterocycles. The molecule has 158 valence electrons. The van der Waals surface area contributed by atoms with Crippen LogP contribution in [-0.4, -0.2) is 30.0 Å². The number of nitrogens with zero attached hydrogens (tertiary/aromatic N) is 2. The van der Waals surface area contributed by atoms with Crippen LogP contribution in [0.15, 0.2) is 65.8 Å². The van der Waals surface area contributed by atoms with Crippen LogP contribution in [-0.2, 0) is 0 Å². The van der Waals surface area contributed by atoms with Gasteiger partial charge >= 0.3 is 0 Å². The molecule has 0 unspecified atom stereocenters. The number of aryl methyl sites for hydroxylation is 1. The molecule has 3 aromatic carbocycles. The van der Waals surface area contributed by atoms with Crippen LogP contribution < -0.4 is 14.2 Å². The molecule has 0 saturated heterocycles. The Kier molecular flexibility index (Phi) is 4.70. The molecule has 0 radical (unpaired) electrons. The number of hydrogen-bond donors (Lipinski definition) is 1. The van der Waals surface area contributed by atoms with Gasteiger partial charge in [0.2, 0.25) is 6.23 Å². The van der Waals surface area contributed by atoms with E-state index < -0.39 is 6.23 Å². The number of hydrazone groups is 1. The Bertz CT molecular complexity index is 1170. The summed E-state index contributed by atoms with van der Waals surface area (Å²) < 4.78 is 17.5. The largest absolute Gasteiger partial charge is 0.507 e. The molecule has 0 amide bonds. The van der Waals surface area contributed by atoms with E-state index in [-0.39, 0.29) is 11.8 Å². The second-order valence-corrected chi connectivity index (χ2v) is 7.74. The smallest absolute Gasteiger partial charge is 0.214 e. The number of ether oxygens (including phenoxy) is 3. The lowest BCUT2D eigenvalue weighted by Crippen LogP contribution is -2.34. The van der Waals surface area contributed by atoms with Gasteiger partial charge in [-0.1, -0.05) is 36.4 Å². The SMILES string of the molecule is COc1ccc(O)c(C2=NN3[C@H](C2)c2cccc(OC)c2O[C@@H]3c2ccccc2C)c1. The van der Waals surface area contributed by atoms with E-state index >= 15 is 0 Å². The van der Waals surface area contributed by atoms with Gasteiger partial charge in [-0.15, -0.1) is 0 Å². The molecule has 0 saturated carbocycles. The van der Waals surface area contributed by atoms with Crippen molar-refractivity contribution in [3.8, 4) is 23.0 Å². The van der Waals surface area contributed by atoms with Crippen molar-refractivity contribution in [2.45, 2.75) is 25.6 Å². The monoisotopic (exact) mass is 416 g/mol. The fourth-order valence-corrected chi connectivity index (χ4v) is 4.35. The Morgan fingerprint density at radius 2 is 1.81 bits per heavy atom. The highest BCUT2D eigenvalue weighted by molar-refractivity contribution is 6.04. The number of fused-ring (bicyclic) bond motifs is 3. The summed E-state index contributed by atoms with van der Waals surface area (Å²) in [7, 11) is 3.26. The molecule has 5 rings (SSSR count). The van der Waals surface area contributed by atoms with Crippen LogP contribution in [0.2, 0.25) is 0 Å². The van der Waals surface area contributed by atoms with Crippen molar-refractivity contribution in [2.24, 2.45) is 5.10 Å². The predicted molar refractivity (Wildman–Crippen MR) is 118 cm³/mol. The molecule has 0 aromatic heterocycles. The second kappa shape index (κ2) is 7.54. The predicted octanol–water partition coefficient (Wildman–Crippen LogP) is 4.96. The topological polar surface area (TPSA) is 63.5 Å². The Morgan fingerprint density at radius 1 is 1.00 bits per heavy atom. The Hall–Kier alpha value is -3.67. The normalized spacial score (nSPS) is 19.2. The van der Waals surface area contributed by atoms with E-state index in [2.05, 4.69) is 19.1 Å². The maximum atomic E-state index is 10.5. The minimum Gasteiger partial charge on any atom is -0.507 e. The number of benzene rings is 3. The molecule has 31 heavy (non-hydrogen) atoms. The first kappa shape index (κ1) is 19.3. The first-order valence-corrected chi connectivity index (χ1v) is 10.2. The zero-order chi connectivity index (χ0) is 21.5. The summed E-state index contributed by atoms with van der Waals surface area (Å²) in [6.07, 6.45) is 0.229. The first-order valence-electron chi connectivity index (χ1n) is 10.2. The van der Waals surface area contributed by atoms with E-state index in [0.717, 1.165) is 28.2 Å². The quantitative estimate of drug-likeness (QED) is 0.651. The number of para-hydroxylation sites is 1. The first-order chi connectivity index (χ1) is 15.1. The van der Waals surface area contributed by atoms with E-state index in [9.17, 15) is 5.11 Å². The number of rotatable bonds is 4. The van der Waals surface area contributed by atoms with Gasteiger partial charge in [0, 0.05) is 23.1 Å². The minimum absolute atomic E-state index is 0.0379. The molecule has 0 fully saturated rings. The highest BCUT2D eigenvalue weighted by atomic mass is 16.5. The number of phenolic OH excluding ortho intramolecular Hbond substituents is 1. The van der Waals surface area contributed by atoms with Gasteiger partial charge in [0.1, 0.15) is 11.5 Å². The van der Waals surface area contributed by atoms with Crippen molar-refractivity contribution >= 4 is 5.71 Å². The van der Waals surface area contributed by atoms with Crippen molar-refractivity contribution in [2.75, 3.05) is 14.2 Å². The van der Waals surface area contributed by atoms with E-state index in [1.54, 1.807) is 26.4 Å². The molecule has 2 heterocycles. The summed E-state index contributed by atoms with van der Waals surface area (Å²) in [4.78, 5) is 0. The molecule has 6 heteroatoms. The highest BCUT2D eigenvalue weighted by Crippen LogP contribution is 2.51. The Morgan fingerprint density at radius 3 is 2.58 bits per heavy atom. The summed E-state index contributed by atoms with van der Waals surface area (Å²) in [5.74, 6) is 2.30. The van der Waals surface area contributed by atoms with E-state index in [0.29, 0.717) is 23.5 Å². The molecule has 0 aliphatic carbocycles. The lowest BCUT2D eigenvalue weighted by Gasteiger charge is -2.39. The van der Waals surface area contributed by atoms with Gasteiger partial charge < -0.3 is 19.3 Å². The maximum absolute atomic E-state index is 10.5. The van der Waals surface area contributed by atoms with Gasteiger partial charge in [0.05, 0.1) is 26.0 Å². The summed E-state index contributed by atoms with van der Waals surface area (Å²) >= 11 is 0. The standard InChI is InChI=1S/C25H24N2O4/c1-15-7-4-5-8-17(15)25-27-21(18-9-6-10-23(30-3)24(18)31-25)14-20(26-27)19-13-16(29-2)11-12-22(19)28/h4-13,21,25,28H,14H2,1-3H3/t21-,25-/m1/s1. The molecule has 0 bridgehead atoms. The van der Waals surface area contributed by atoms with Crippen molar-refractivity contribution in [3.63, 3.8) is 0 Å². The third-order valence-electron chi connectivity index (χ3n) is 5.97. The highest BCUT2D eigenvalue weighted by Gasteiger charge is 2.42. The van der Waals surface area contributed by atoms with Crippen LogP contribution in [0.4, 0.5) is 0 Å². The molecule has 3 aromatic rings. The molecule has 6 nitrogen and oxygen atoms in total. The number of phenols is 1. The van der Waals surface area contributed by atoms with Crippen molar-refractivity contribution < 1.29 is 19.3 Å². The molecule has 0 spiro atoms. The minimum atomic E-state index is -0.403. The van der Waals surface area contributed by atoms with Gasteiger partial charge in [-0.3, -0.25) is 0 Å². The third-order valence-corrected chi connectivity index (χ3v) is 5.97. The van der Waals surface area contributed by atoms with Gasteiger partial charge in [0.15, 0.2) is 11.5 Å². The lowest BCUT2D eigenvalue weighted by molar-refractivity contribution is -0.0212. The second-order valence-electron chi connectivity index (χ2n) is 7.74. The number of hydrogen-bond acceptors (Lipinski definition) is 6. The molecule has 1 N–H and O–H groups in total. The van der Waals surface area contributed by atoms with Gasteiger partial charge in [0.25, 0.3) is 0 Å². The Balaban J connectivity index is 1.65. The molecular formula is C25H24N2O4. The van der Waals surface area contributed by atoms with E-state index in [1.165, 1.54) is 0 Å². The fraction of sp³-hybridized carbons (Fsp3) is 0.240. The van der Waals surface area contributed by atoms with Crippen LogP contribution in [0.3, 0.4) is 0 Å². The van der Waals surface area contributed by atoms with Crippen molar-refractivity contribution in [3.05, 3.63) is 82.9 Å². The van der Waals surface area contributed by atoms with Crippen LogP contribution in [0.5, 0.6) is 23.0 Å². The average molecular weight is 416 g/mol. The van der Waals surface area contributed by atoms with E-state index in [4.69, 9.17) is 19.3 Å². The van der Waals surface area contributed by atoms with Crippen LogP contribution in [0.25, 0.3) is 0 Å². The van der Waals surface area contributed by atoms with Crippen molar-refractivity contribution in [1.29, 1.82) is 0 Å². The number of aromatic hydroxyl groups is 1. The molecule has 2 atom stereocenters. The summed E-state index contributed by atoms with van der Waals surface area (Å²) in [6.45, 7) is 2.07. The van der Waals surface area contributed by atoms with E-state index in [1.807, 2.05) is 41.4 Å². The van der Waals surface area contributed by atoms with Gasteiger partial charge in [-0.25, -0.2) is 5.01 Å². The number of methoxy groups -OCH3 is 2. The average Bonchev–Trinajstić information content (AvgIpc) is 3.24. The fourth-order valence-electron chi connectivity index (χ4n) is 4.35. The van der Waals surface area contributed by atoms with Crippen LogP contribution in [0, 0.1) is 6.92 Å².